The number of pyridine rings is 1. The van der Waals surface area contributed by atoms with Crippen LogP contribution in [0.4, 0.5) is 10.9 Å². The molecule has 0 unspecified atom stereocenters. The molecule has 1 saturated heterocycles. The molecule has 0 aromatic carbocycles. The second-order valence-electron chi connectivity index (χ2n) is 6.58. The smallest absolute Gasteiger partial charge is 0.246 e. The van der Waals surface area contributed by atoms with Crippen molar-refractivity contribution in [3.8, 4) is 0 Å². The Kier molecular flexibility index (Phi) is 5.38. The van der Waals surface area contributed by atoms with Gasteiger partial charge in [0.15, 0.2) is 5.13 Å². The fourth-order valence-corrected chi connectivity index (χ4v) is 3.74. The molecule has 0 spiro atoms. The van der Waals surface area contributed by atoms with Gasteiger partial charge in [-0.2, -0.15) is 0 Å². The van der Waals surface area contributed by atoms with E-state index in [1.807, 2.05) is 35.4 Å². The van der Waals surface area contributed by atoms with Gasteiger partial charge in [0.05, 0.1) is 5.69 Å². The Morgan fingerprint density at radius 1 is 1.36 bits per heavy atom. The predicted octanol–water partition coefficient (Wildman–Crippen LogP) is 3.41. The van der Waals surface area contributed by atoms with Gasteiger partial charge in [-0.05, 0) is 31.1 Å². The lowest BCUT2D eigenvalue weighted by Crippen LogP contribution is -2.26. The number of nitrogens with zero attached hydrogens (tertiary/aromatic N) is 5. The van der Waals surface area contributed by atoms with Crippen LogP contribution < -0.4 is 5.32 Å². The Hall–Kier alpha value is -3.13. The number of carbonyl (C=O) groups excluding carboxylic acids is 1. The minimum Gasteiger partial charge on any atom is -0.338 e. The summed E-state index contributed by atoms with van der Waals surface area (Å²) in [6.07, 6.45) is 9.50. The molecule has 0 saturated carbocycles. The standard InChI is InChI=1S/C20H20N6OS/c1-14-23-17(11-18(24-14)25-20-22-8-10-28-20)16-6-9-26(13-16)19(27)5-4-15-3-2-7-21-12-15/h2-5,7-8,10-12,16H,6,9,13H2,1H3,(H,22,23,24,25)/b5-4+/t16-/m0/s1. The molecule has 3 aromatic heterocycles. The van der Waals surface area contributed by atoms with E-state index in [9.17, 15) is 4.79 Å². The normalized spacial score (nSPS) is 16.6. The topological polar surface area (TPSA) is 83.9 Å². The van der Waals surface area contributed by atoms with Crippen molar-refractivity contribution >= 4 is 34.3 Å². The van der Waals surface area contributed by atoms with Crippen LogP contribution in [0.1, 0.15) is 29.4 Å². The number of nitrogens with one attached hydrogen (secondary N) is 1. The van der Waals surface area contributed by atoms with Crippen LogP contribution in [0.2, 0.25) is 0 Å². The fourth-order valence-electron chi connectivity index (χ4n) is 3.21. The summed E-state index contributed by atoms with van der Waals surface area (Å²) in [5, 5.41) is 5.93. The summed E-state index contributed by atoms with van der Waals surface area (Å²) in [5.41, 5.74) is 1.87. The first kappa shape index (κ1) is 18.2. The summed E-state index contributed by atoms with van der Waals surface area (Å²) in [4.78, 5) is 31.7. The Morgan fingerprint density at radius 3 is 3.07 bits per heavy atom. The number of aromatic nitrogens is 4. The quantitative estimate of drug-likeness (QED) is 0.670. The maximum atomic E-state index is 12.5. The van der Waals surface area contributed by atoms with Crippen molar-refractivity contribution in [1.29, 1.82) is 0 Å². The molecular weight excluding hydrogens is 372 g/mol. The SMILES string of the molecule is Cc1nc(Nc2nccs2)cc([C@H]2CCN(C(=O)/C=C/c3cccnc3)C2)n1. The van der Waals surface area contributed by atoms with E-state index in [0.717, 1.165) is 35.2 Å². The Morgan fingerprint density at radius 2 is 2.29 bits per heavy atom. The van der Waals surface area contributed by atoms with Gasteiger partial charge in [0.25, 0.3) is 0 Å². The number of aryl methyl sites for hydroxylation is 1. The Labute approximate surface area is 167 Å². The van der Waals surface area contributed by atoms with Crippen molar-refractivity contribution in [1.82, 2.24) is 24.8 Å². The minimum absolute atomic E-state index is 0.0123. The second kappa shape index (κ2) is 8.26. The van der Waals surface area contributed by atoms with E-state index in [1.165, 1.54) is 11.3 Å². The maximum absolute atomic E-state index is 12.5. The zero-order valence-electron chi connectivity index (χ0n) is 15.4. The zero-order valence-corrected chi connectivity index (χ0v) is 16.3. The molecule has 4 heterocycles. The number of hydrogen-bond donors (Lipinski definition) is 1. The summed E-state index contributed by atoms with van der Waals surface area (Å²) in [6, 6.07) is 5.73. The highest BCUT2D eigenvalue weighted by molar-refractivity contribution is 7.13. The zero-order chi connectivity index (χ0) is 19.3. The molecule has 0 bridgehead atoms. The first-order valence-corrected chi connectivity index (χ1v) is 9.94. The highest BCUT2D eigenvalue weighted by atomic mass is 32.1. The summed E-state index contributed by atoms with van der Waals surface area (Å²) >= 11 is 1.52. The number of anilines is 2. The van der Waals surface area contributed by atoms with Gasteiger partial charge in [0, 0.05) is 55.1 Å². The first-order chi connectivity index (χ1) is 13.7. The van der Waals surface area contributed by atoms with Crippen molar-refractivity contribution in [2.45, 2.75) is 19.3 Å². The van der Waals surface area contributed by atoms with Gasteiger partial charge in [-0.1, -0.05) is 6.07 Å². The number of likely N-dealkylation sites (tertiary alicyclic amines) is 1. The number of rotatable bonds is 5. The van der Waals surface area contributed by atoms with Crippen LogP contribution in [0.25, 0.3) is 6.08 Å². The van der Waals surface area contributed by atoms with E-state index in [-0.39, 0.29) is 11.8 Å². The maximum Gasteiger partial charge on any atom is 0.246 e. The van der Waals surface area contributed by atoms with Crippen molar-refractivity contribution in [2.75, 3.05) is 18.4 Å². The average Bonchev–Trinajstić information content (AvgIpc) is 3.38. The average molecular weight is 392 g/mol. The van der Waals surface area contributed by atoms with Crippen molar-refractivity contribution in [3.05, 3.63) is 65.3 Å². The third-order valence-electron chi connectivity index (χ3n) is 4.55. The third-order valence-corrected chi connectivity index (χ3v) is 5.23. The molecule has 7 nitrogen and oxygen atoms in total. The van der Waals surface area contributed by atoms with Crippen LogP contribution in [-0.2, 0) is 4.79 Å². The molecule has 4 rings (SSSR count). The largest absolute Gasteiger partial charge is 0.338 e. The molecule has 1 amide bonds. The molecule has 3 aromatic rings. The Bertz CT molecular complexity index is 974. The van der Waals surface area contributed by atoms with E-state index < -0.39 is 0 Å². The molecule has 1 aliphatic rings. The molecule has 1 fully saturated rings. The molecule has 1 atom stereocenters. The minimum atomic E-state index is 0.0123. The summed E-state index contributed by atoms with van der Waals surface area (Å²) in [6.45, 7) is 3.26. The van der Waals surface area contributed by atoms with E-state index in [0.29, 0.717) is 12.4 Å². The molecule has 8 heteroatoms. The van der Waals surface area contributed by atoms with Gasteiger partial charge in [-0.3, -0.25) is 9.78 Å². The van der Waals surface area contributed by atoms with Crippen LogP contribution in [0.15, 0.2) is 48.2 Å². The van der Waals surface area contributed by atoms with Crippen LogP contribution in [-0.4, -0.2) is 43.8 Å². The van der Waals surface area contributed by atoms with Gasteiger partial charge in [0.1, 0.15) is 11.6 Å². The highest BCUT2D eigenvalue weighted by Gasteiger charge is 2.27. The predicted molar refractivity (Wildman–Crippen MR) is 109 cm³/mol. The van der Waals surface area contributed by atoms with Gasteiger partial charge >= 0.3 is 0 Å². The lowest BCUT2D eigenvalue weighted by Gasteiger charge is -2.15. The van der Waals surface area contributed by atoms with E-state index >= 15 is 0 Å². The molecule has 142 valence electrons. The van der Waals surface area contributed by atoms with E-state index in [2.05, 4.69) is 25.3 Å². The van der Waals surface area contributed by atoms with Crippen LogP contribution in [0.5, 0.6) is 0 Å². The van der Waals surface area contributed by atoms with Gasteiger partial charge in [-0.25, -0.2) is 15.0 Å². The third kappa shape index (κ3) is 4.40. The van der Waals surface area contributed by atoms with Crippen LogP contribution in [0, 0.1) is 6.92 Å². The fraction of sp³-hybridized carbons (Fsp3) is 0.250. The number of hydrogen-bond acceptors (Lipinski definition) is 7. The summed E-state index contributed by atoms with van der Waals surface area (Å²) < 4.78 is 0. The van der Waals surface area contributed by atoms with Crippen LogP contribution in [0.3, 0.4) is 0 Å². The van der Waals surface area contributed by atoms with Crippen molar-refractivity contribution < 1.29 is 4.79 Å². The Balaban J connectivity index is 1.43. The monoisotopic (exact) mass is 392 g/mol. The number of carbonyl (C=O) groups is 1. The molecule has 1 N–H and O–H groups in total. The van der Waals surface area contributed by atoms with Crippen molar-refractivity contribution in [3.63, 3.8) is 0 Å². The molecule has 0 aliphatic carbocycles. The first-order valence-electron chi connectivity index (χ1n) is 9.06. The van der Waals surface area contributed by atoms with Gasteiger partial charge < -0.3 is 10.2 Å². The lowest BCUT2D eigenvalue weighted by atomic mass is 10.0. The van der Waals surface area contributed by atoms with Gasteiger partial charge in [0.2, 0.25) is 5.91 Å². The number of thiazole rings is 1. The second-order valence-corrected chi connectivity index (χ2v) is 7.47. The van der Waals surface area contributed by atoms with Crippen LogP contribution >= 0.6 is 11.3 Å². The summed E-state index contributed by atoms with van der Waals surface area (Å²) in [7, 11) is 0. The highest BCUT2D eigenvalue weighted by Crippen LogP contribution is 2.28. The summed E-state index contributed by atoms with van der Waals surface area (Å²) in [5.74, 6) is 1.66. The molecule has 1 aliphatic heterocycles. The van der Waals surface area contributed by atoms with Crippen molar-refractivity contribution in [2.24, 2.45) is 0 Å². The number of amides is 1. The van der Waals surface area contributed by atoms with Gasteiger partial charge in [-0.15, -0.1) is 11.3 Å². The van der Waals surface area contributed by atoms with E-state index in [4.69, 9.17) is 0 Å². The van der Waals surface area contributed by atoms with E-state index in [1.54, 1.807) is 30.7 Å². The molecule has 28 heavy (non-hydrogen) atoms. The lowest BCUT2D eigenvalue weighted by molar-refractivity contribution is -0.124. The molecular formula is C20H20N6OS. The molecule has 0 radical (unpaired) electrons.